The van der Waals surface area contributed by atoms with Gasteiger partial charge in [0.15, 0.2) is 0 Å². The fourth-order valence-electron chi connectivity index (χ4n) is 3.03. The fourth-order valence-corrected chi connectivity index (χ4v) is 3.03. The summed E-state index contributed by atoms with van der Waals surface area (Å²) in [7, 11) is 1.92. The highest BCUT2D eigenvalue weighted by Crippen LogP contribution is 2.33. The number of hydrogen-bond donors (Lipinski definition) is 1. The van der Waals surface area contributed by atoms with Gasteiger partial charge in [-0.3, -0.25) is 9.58 Å². The van der Waals surface area contributed by atoms with Crippen LogP contribution in [0.1, 0.15) is 29.3 Å². The van der Waals surface area contributed by atoms with Crippen LogP contribution in [-0.2, 0) is 13.6 Å². The molecule has 2 aromatic rings. The van der Waals surface area contributed by atoms with E-state index in [0.717, 1.165) is 23.4 Å². The number of aliphatic hydroxyl groups is 1. The van der Waals surface area contributed by atoms with Crippen LogP contribution in [0.5, 0.6) is 0 Å². The number of nitrogens with zero attached hydrogens (tertiary/aromatic N) is 3. The van der Waals surface area contributed by atoms with Gasteiger partial charge in [0.2, 0.25) is 0 Å². The maximum Gasteiger partial charge on any atom is 0.123 e. The Morgan fingerprint density at radius 1 is 1.43 bits per heavy atom. The molecule has 0 aliphatic carbocycles. The lowest BCUT2D eigenvalue weighted by atomic mass is 10.0. The zero-order chi connectivity index (χ0) is 15.0. The molecule has 4 nitrogen and oxygen atoms in total. The molecule has 2 heterocycles. The molecule has 1 aliphatic rings. The van der Waals surface area contributed by atoms with E-state index in [4.69, 9.17) is 0 Å². The third-order valence-corrected chi connectivity index (χ3v) is 4.33. The SMILES string of the molecule is Cc1c(CN2C[C@@H](O)C[C@H]2c2cccc(F)c2)cnn1C. The highest BCUT2D eigenvalue weighted by Gasteiger charge is 2.32. The second-order valence-electron chi connectivity index (χ2n) is 5.77. The molecule has 1 aromatic carbocycles. The monoisotopic (exact) mass is 289 g/mol. The van der Waals surface area contributed by atoms with Gasteiger partial charge >= 0.3 is 0 Å². The molecule has 0 saturated carbocycles. The van der Waals surface area contributed by atoms with Crippen LogP contribution in [0.15, 0.2) is 30.5 Å². The molecule has 112 valence electrons. The molecule has 1 saturated heterocycles. The topological polar surface area (TPSA) is 41.3 Å². The van der Waals surface area contributed by atoms with Crippen LogP contribution in [0.3, 0.4) is 0 Å². The Morgan fingerprint density at radius 3 is 2.90 bits per heavy atom. The third-order valence-electron chi connectivity index (χ3n) is 4.33. The zero-order valence-electron chi connectivity index (χ0n) is 12.3. The van der Waals surface area contributed by atoms with E-state index < -0.39 is 0 Å². The number of aryl methyl sites for hydroxylation is 1. The van der Waals surface area contributed by atoms with Crippen LogP contribution in [0.4, 0.5) is 4.39 Å². The van der Waals surface area contributed by atoms with E-state index in [1.165, 1.54) is 6.07 Å². The van der Waals surface area contributed by atoms with Crippen molar-refractivity contribution in [1.82, 2.24) is 14.7 Å². The predicted molar refractivity (Wildman–Crippen MR) is 78.1 cm³/mol. The quantitative estimate of drug-likeness (QED) is 0.941. The number of halogens is 1. The average molecular weight is 289 g/mol. The maximum absolute atomic E-state index is 13.4. The molecule has 0 spiro atoms. The van der Waals surface area contributed by atoms with Crippen molar-refractivity contribution in [3.05, 3.63) is 53.1 Å². The number of aromatic nitrogens is 2. The number of aliphatic hydroxyl groups excluding tert-OH is 1. The van der Waals surface area contributed by atoms with Crippen molar-refractivity contribution in [3.63, 3.8) is 0 Å². The van der Waals surface area contributed by atoms with Crippen molar-refractivity contribution < 1.29 is 9.50 Å². The molecular formula is C16H20FN3O. The van der Waals surface area contributed by atoms with Gasteiger partial charge < -0.3 is 5.11 Å². The van der Waals surface area contributed by atoms with Gasteiger partial charge in [-0.1, -0.05) is 12.1 Å². The Morgan fingerprint density at radius 2 is 2.24 bits per heavy atom. The molecular weight excluding hydrogens is 269 g/mol. The van der Waals surface area contributed by atoms with Gasteiger partial charge in [-0.2, -0.15) is 5.10 Å². The third kappa shape index (κ3) is 2.84. The van der Waals surface area contributed by atoms with Gasteiger partial charge in [-0.05, 0) is 31.0 Å². The standard InChI is InChI=1S/C16H20FN3O/c1-11-13(8-18-19(11)2)9-20-10-15(21)7-16(20)12-4-3-5-14(17)6-12/h3-6,8,15-16,21H,7,9-10H2,1-2H3/t15-,16-/m0/s1. The van der Waals surface area contributed by atoms with Crippen molar-refractivity contribution in [2.24, 2.45) is 7.05 Å². The highest BCUT2D eigenvalue weighted by atomic mass is 19.1. The fraction of sp³-hybridized carbons (Fsp3) is 0.438. The van der Waals surface area contributed by atoms with E-state index in [9.17, 15) is 9.50 Å². The molecule has 0 radical (unpaired) electrons. The molecule has 1 aromatic heterocycles. The number of likely N-dealkylation sites (tertiary alicyclic amines) is 1. The zero-order valence-corrected chi connectivity index (χ0v) is 12.3. The minimum atomic E-state index is -0.366. The number of hydrogen-bond acceptors (Lipinski definition) is 3. The van der Waals surface area contributed by atoms with E-state index in [1.807, 2.05) is 30.9 Å². The van der Waals surface area contributed by atoms with Crippen LogP contribution in [0, 0.1) is 12.7 Å². The molecule has 0 bridgehead atoms. The van der Waals surface area contributed by atoms with Gasteiger partial charge in [-0.25, -0.2) is 4.39 Å². The molecule has 5 heteroatoms. The van der Waals surface area contributed by atoms with Crippen LogP contribution >= 0.6 is 0 Å². The summed E-state index contributed by atoms with van der Waals surface area (Å²) in [5.41, 5.74) is 3.19. The summed E-state index contributed by atoms with van der Waals surface area (Å²) in [6.45, 7) is 3.36. The second-order valence-corrected chi connectivity index (χ2v) is 5.77. The molecule has 1 N–H and O–H groups in total. The molecule has 1 aliphatic heterocycles. The van der Waals surface area contributed by atoms with Crippen molar-refractivity contribution in [2.45, 2.75) is 32.0 Å². The van der Waals surface area contributed by atoms with Gasteiger partial charge in [0.1, 0.15) is 5.82 Å². The first kappa shape index (κ1) is 14.2. The molecule has 1 fully saturated rings. The first-order valence-corrected chi connectivity index (χ1v) is 7.19. The Kier molecular flexibility index (Phi) is 3.78. The lowest BCUT2D eigenvalue weighted by Crippen LogP contribution is -2.24. The van der Waals surface area contributed by atoms with Crippen molar-refractivity contribution >= 4 is 0 Å². The van der Waals surface area contributed by atoms with Gasteiger partial charge in [0.25, 0.3) is 0 Å². The van der Waals surface area contributed by atoms with Crippen LogP contribution in [0.25, 0.3) is 0 Å². The van der Waals surface area contributed by atoms with Crippen molar-refractivity contribution in [1.29, 1.82) is 0 Å². The molecule has 3 rings (SSSR count). The van der Waals surface area contributed by atoms with Gasteiger partial charge in [0, 0.05) is 37.4 Å². The lowest BCUT2D eigenvalue weighted by Gasteiger charge is -2.24. The molecule has 0 unspecified atom stereocenters. The lowest BCUT2D eigenvalue weighted by molar-refractivity contribution is 0.172. The van der Waals surface area contributed by atoms with E-state index in [-0.39, 0.29) is 18.0 Å². The van der Waals surface area contributed by atoms with Crippen LogP contribution < -0.4 is 0 Å². The van der Waals surface area contributed by atoms with E-state index >= 15 is 0 Å². The second kappa shape index (κ2) is 5.58. The summed E-state index contributed by atoms with van der Waals surface area (Å²) in [5.74, 6) is -0.230. The summed E-state index contributed by atoms with van der Waals surface area (Å²) in [6.07, 6.45) is 2.14. The first-order chi connectivity index (χ1) is 10.0. The predicted octanol–water partition coefficient (Wildman–Crippen LogP) is 2.18. The van der Waals surface area contributed by atoms with Crippen LogP contribution in [-0.4, -0.2) is 32.4 Å². The van der Waals surface area contributed by atoms with Crippen molar-refractivity contribution in [2.75, 3.05) is 6.54 Å². The van der Waals surface area contributed by atoms with Gasteiger partial charge in [0.05, 0.1) is 12.3 Å². The Hall–Kier alpha value is -1.72. The first-order valence-electron chi connectivity index (χ1n) is 7.19. The largest absolute Gasteiger partial charge is 0.392 e. The summed E-state index contributed by atoms with van der Waals surface area (Å²) in [5, 5.41) is 14.3. The maximum atomic E-state index is 13.4. The van der Waals surface area contributed by atoms with E-state index in [0.29, 0.717) is 13.0 Å². The summed E-state index contributed by atoms with van der Waals surface area (Å²) in [4.78, 5) is 2.20. The minimum absolute atomic E-state index is 0.0512. The highest BCUT2D eigenvalue weighted by molar-refractivity contribution is 5.23. The molecule has 0 amide bonds. The summed E-state index contributed by atoms with van der Waals surface area (Å²) >= 11 is 0. The Labute approximate surface area is 123 Å². The Balaban J connectivity index is 1.84. The van der Waals surface area contributed by atoms with E-state index in [2.05, 4.69) is 10.00 Å². The summed E-state index contributed by atoms with van der Waals surface area (Å²) < 4.78 is 15.3. The van der Waals surface area contributed by atoms with Gasteiger partial charge in [-0.15, -0.1) is 0 Å². The average Bonchev–Trinajstić information content (AvgIpc) is 2.96. The number of benzene rings is 1. The molecule has 2 atom stereocenters. The van der Waals surface area contributed by atoms with Crippen LogP contribution in [0.2, 0.25) is 0 Å². The number of rotatable bonds is 3. The molecule has 21 heavy (non-hydrogen) atoms. The number of β-amino-alcohol motifs (C(OH)–C–C–N with tert-alkyl or cyclic N) is 1. The normalized spacial score (nSPS) is 22.9. The summed E-state index contributed by atoms with van der Waals surface area (Å²) in [6, 6.07) is 6.71. The van der Waals surface area contributed by atoms with E-state index in [1.54, 1.807) is 12.1 Å². The smallest absolute Gasteiger partial charge is 0.123 e. The Bertz CT molecular complexity index is 640. The minimum Gasteiger partial charge on any atom is -0.392 e. The van der Waals surface area contributed by atoms with Crippen molar-refractivity contribution in [3.8, 4) is 0 Å².